The van der Waals surface area contributed by atoms with Crippen molar-refractivity contribution in [3.8, 4) is 5.75 Å². The Morgan fingerprint density at radius 3 is 2.67 bits per heavy atom. The quantitative estimate of drug-likeness (QED) is 0.829. The molecule has 1 aromatic carbocycles. The average Bonchev–Trinajstić information content (AvgIpc) is 2.90. The van der Waals surface area contributed by atoms with Crippen LogP contribution in [0.15, 0.2) is 35.4 Å². The van der Waals surface area contributed by atoms with E-state index in [1.165, 1.54) is 10.5 Å². The van der Waals surface area contributed by atoms with Crippen molar-refractivity contribution in [3.63, 3.8) is 0 Å². The number of benzene rings is 1. The molecule has 0 amide bonds. The fourth-order valence-electron chi connectivity index (χ4n) is 2.25. The maximum atomic E-state index is 6.39. The molecule has 1 unspecified atom stereocenters. The minimum Gasteiger partial charge on any atom is -0.493 e. The van der Waals surface area contributed by atoms with E-state index in [1.807, 2.05) is 4.68 Å². The summed E-state index contributed by atoms with van der Waals surface area (Å²) < 4.78 is 7.35. The number of nitrogens with two attached hydrogens (primary N) is 1. The second-order valence-electron chi connectivity index (χ2n) is 5.32. The molecule has 0 saturated carbocycles. The molecule has 0 radical (unpaired) electrons. The molecule has 1 atom stereocenters. The highest BCUT2D eigenvalue weighted by Crippen LogP contribution is 2.31. The third-order valence-electron chi connectivity index (χ3n) is 3.37. The van der Waals surface area contributed by atoms with Crippen molar-refractivity contribution in [2.24, 2.45) is 5.73 Å². The summed E-state index contributed by atoms with van der Waals surface area (Å²) in [5.41, 5.74) is 8.63. The van der Waals surface area contributed by atoms with Crippen LogP contribution in [0.1, 0.15) is 37.2 Å². The van der Waals surface area contributed by atoms with Gasteiger partial charge in [-0.15, -0.1) is 11.8 Å². The van der Waals surface area contributed by atoms with Crippen molar-refractivity contribution in [3.05, 3.63) is 41.7 Å². The van der Waals surface area contributed by atoms with Crippen LogP contribution in [0.25, 0.3) is 0 Å². The van der Waals surface area contributed by atoms with Gasteiger partial charge in [-0.05, 0) is 32.4 Å². The minimum absolute atomic E-state index is 0.116. The van der Waals surface area contributed by atoms with Crippen LogP contribution in [-0.4, -0.2) is 22.6 Å². The van der Waals surface area contributed by atoms with Gasteiger partial charge in [-0.25, -0.2) is 0 Å². The Morgan fingerprint density at radius 1 is 1.33 bits per heavy atom. The lowest BCUT2D eigenvalue weighted by Gasteiger charge is -2.18. The van der Waals surface area contributed by atoms with Crippen LogP contribution in [0, 0.1) is 6.92 Å². The summed E-state index contributed by atoms with van der Waals surface area (Å²) in [7, 11) is 1.66. The van der Waals surface area contributed by atoms with Gasteiger partial charge in [-0.3, -0.25) is 4.68 Å². The zero-order chi connectivity index (χ0) is 15.4. The molecule has 114 valence electrons. The molecule has 0 bridgehead atoms. The molecule has 0 fully saturated rings. The Balaban J connectivity index is 2.15. The van der Waals surface area contributed by atoms with Gasteiger partial charge in [0.25, 0.3) is 0 Å². The molecule has 0 aliphatic carbocycles. The van der Waals surface area contributed by atoms with Crippen molar-refractivity contribution in [1.82, 2.24) is 9.78 Å². The van der Waals surface area contributed by atoms with E-state index in [2.05, 4.69) is 50.1 Å². The van der Waals surface area contributed by atoms with Gasteiger partial charge in [0.2, 0.25) is 0 Å². The van der Waals surface area contributed by atoms with Crippen molar-refractivity contribution in [2.75, 3.05) is 12.9 Å². The Bertz CT molecular complexity index is 595. The van der Waals surface area contributed by atoms with E-state index < -0.39 is 0 Å². The largest absolute Gasteiger partial charge is 0.493 e. The summed E-state index contributed by atoms with van der Waals surface area (Å²) in [6, 6.07) is 8.50. The molecule has 21 heavy (non-hydrogen) atoms. The van der Waals surface area contributed by atoms with Crippen molar-refractivity contribution in [1.29, 1.82) is 0 Å². The Morgan fingerprint density at radius 2 is 2.05 bits per heavy atom. The first kappa shape index (κ1) is 15.9. The zero-order valence-corrected chi connectivity index (χ0v) is 13.9. The summed E-state index contributed by atoms with van der Waals surface area (Å²) >= 11 is 1.77. The second-order valence-corrected chi connectivity index (χ2v) is 6.38. The van der Waals surface area contributed by atoms with Crippen molar-refractivity contribution in [2.45, 2.75) is 37.8 Å². The summed E-state index contributed by atoms with van der Waals surface area (Å²) in [5, 5.41) is 4.38. The van der Waals surface area contributed by atoms with Crippen LogP contribution in [0.3, 0.4) is 0 Å². The lowest BCUT2D eigenvalue weighted by Crippen LogP contribution is -2.20. The highest BCUT2D eigenvalue weighted by Gasteiger charge is 2.20. The van der Waals surface area contributed by atoms with E-state index in [1.54, 1.807) is 25.1 Å². The summed E-state index contributed by atoms with van der Waals surface area (Å²) in [6.45, 7) is 6.31. The van der Waals surface area contributed by atoms with E-state index in [4.69, 9.17) is 10.5 Å². The molecule has 0 saturated heterocycles. The summed E-state index contributed by atoms with van der Waals surface area (Å²) in [5.74, 6) is 1.56. The monoisotopic (exact) mass is 305 g/mol. The first-order valence-electron chi connectivity index (χ1n) is 7.10. The van der Waals surface area contributed by atoms with E-state index in [0.29, 0.717) is 0 Å². The SMILES string of the molecule is COc1cnn(C(C)C)c1C(N)CSc1ccccc1C. The van der Waals surface area contributed by atoms with E-state index in [0.717, 1.165) is 17.2 Å². The highest BCUT2D eigenvalue weighted by atomic mass is 32.2. The van der Waals surface area contributed by atoms with E-state index >= 15 is 0 Å². The van der Waals surface area contributed by atoms with Gasteiger partial charge in [0, 0.05) is 16.7 Å². The molecule has 0 spiro atoms. The van der Waals surface area contributed by atoms with Crippen LogP contribution in [-0.2, 0) is 0 Å². The predicted molar refractivity (Wildman–Crippen MR) is 88.0 cm³/mol. The molecular formula is C16H23N3OS. The molecule has 2 rings (SSSR count). The van der Waals surface area contributed by atoms with Crippen LogP contribution in [0.4, 0.5) is 0 Å². The van der Waals surface area contributed by atoms with Crippen LogP contribution >= 0.6 is 11.8 Å². The fourth-order valence-corrected chi connectivity index (χ4v) is 3.24. The molecule has 2 aromatic rings. The Labute approximate surface area is 130 Å². The standard InChI is InChI=1S/C16H23N3OS/c1-11(2)19-16(14(20-4)9-18-19)13(17)10-21-15-8-6-5-7-12(15)3/h5-9,11,13H,10,17H2,1-4H3. The minimum atomic E-state index is -0.116. The highest BCUT2D eigenvalue weighted by molar-refractivity contribution is 7.99. The molecule has 0 aliphatic rings. The van der Waals surface area contributed by atoms with Crippen molar-refractivity contribution >= 4 is 11.8 Å². The molecule has 1 aromatic heterocycles. The first-order chi connectivity index (χ1) is 10.0. The first-order valence-corrected chi connectivity index (χ1v) is 8.08. The molecule has 0 aliphatic heterocycles. The number of hydrogen-bond acceptors (Lipinski definition) is 4. The van der Waals surface area contributed by atoms with Gasteiger partial charge in [-0.1, -0.05) is 18.2 Å². The van der Waals surface area contributed by atoms with E-state index in [-0.39, 0.29) is 12.1 Å². The van der Waals surface area contributed by atoms with Crippen LogP contribution in [0.2, 0.25) is 0 Å². The number of methoxy groups -OCH3 is 1. The van der Waals surface area contributed by atoms with Gasteiger partial charge in [0.1, 0.15) is 0 Å². The smallest absolute Gasteiger partial charge is 0.161 e. The normalized spacial score (nSPS) is 12.7. The number of rotatable bonds is 6. The van der Waals surface area contributed by atoms with Gasteiger partial charge in [-0.2, -0.15) is 5.10 Å². The fraction of sp³-hybridized carbons (Fsp3) is 0.438. The number of hydrogen-bond donors (Lipinski definition) is 1. The lowest BCUT2D eigenvalue weighted by atomic mass is 10.2. The maximum absolute atomic E-state index is 6.39. The number of aryl methyl sites for hydroxylation is 1. The van der Waals surface area contributed by atoms with Crippen LogP contribution in [0.5, 0.6) is 5.75 Å². The van der Waals surface area contributed by atoms with Gasteiger partial charge < -0.3 is 10.5 Å². The second kappa shape index (κ2) is 7.00. The van der Waals surface area contributed by atoms with Gasteiger partial charge >= 0.3 is 0 Å². The maximum Gasteiger partial charge on any atom is 0.161 e. The Hall–Kier alpha value is -1.46. The van der Waals surface area contributed by atoms with E-state index in [9.17, 15) is 0 Å². The number of ether oxygens (including phenoxy) is 1. The third-order valence-corrected chi connectivity index (χ3v) is 4.67. The topological polar surface area (TPSA) is 53.1 Å². The zero-order valence-electron chi connectivity index (χ0n) is 13.0. The van der Waals surface area contributed by atoms with Crippen LogP contribution < -0.4 is 10.5 Å². The van der Waals surface area contributed by atoms with Gasteiger partial charge in [0.15, 0.2) is 5.75 Å². The average molecular weight is 305 g/mol. The van der Waals surface area contributed by atoms with Crippen molar-refractivity contribution < 1.29 is 4.74 Å². The number of aromatic nitrogens is 2. The molecule has 5 heteroatoms. The number of nitrogens with zero attached hydrogens (tertiary/aromatic N) is 2. The summed E-state index contributed by atoms with van der Waals surface area (Å²) in [6.07, 6.45) is 1.74. The third kappa shape index (κ3) is 3.60. The Kier molecular flexibility index (Phi) is 5.31. The molecule has 1 heterocycles. The molecule has 2 N–H and O–H groups in total. The summed E-state index contributed by atoms with van der Waals surface area (Å²) in [4.78, 5) is 1.27. The molecular weight excluding hydrogens is 282 g/mol. The predicted octanol–water partition coefficient (Wildman–Crippen LogP) is 3.57. The molecule has 4 nitrogen and oxygen atoms in total. The number of thioether (sulfide) groups is 1. The van der Waals surface area contributed by atoms with Gasteiger partial charge in [0.05, 0.1) is 25.0 Å². The lowest BCUT2D eigenvalue weighted by molar-refractivity contribution is 0.399.